The van der Waals surface area contributed by atoms with Gasteiger partial charge in [-0.1, -0.05) is 18.2 Å². The Bertz CT molecular complexity index is 375. The molecule has 74 valence electrons. The van der Waals surface area contributed by atoms with E-state index in [9.17, 15) is 4.79 Å². The molecule has 1 atom stereocenters. The van der Waals surface area contributed by atoms with Crippen LogP contribution in [-0.2, 0) is 11.2 Å². The summed E-state index contributed by atoms with van der Waals surface area (Å²) in [6.45, 7) is 1.74. The Labute approximate surface area is 82.9 Å². The van der Waals surface area contributed by atoms with Gasteiger partial charge in [-0.15, -0.1) is 0 Å². The molecule has 2 N–H and O–H groups in total. The number of hydrogen-bond acceptors (Lipinski definition) is 2. The van der Waals surface area contributed by atoms with Crippen LogP contribution >= 0.6 is 0 Å². The van der Waals surface area contributed by atoms with Gasteiger partial charge in [0.15, 0.2) is 5.60 Å². The Morgan fingerprint density at radius 1 is 1.50 bits per heavy atom. The van der Waals surface area contributed by atoms with E-state index in [-0.39, 0.29) is 0 Å². The molecule has 0 radical (unpaired) electrons. The maximum absolute atomic E-state index is 11.2. The lowest BCUT2D eigenvalue weighted by atomic mass is 9.92. The highest BCUT2D eigenvalue weighted by atomic mass is 16.5. The summed E-state index contributed by atoms with van der Waals surface area (Å²) in [4.78, 5) is 11.2. The molecule has 3 heteroatoms. The lowest BCUT2D eigenvalue weighted by Gasteiger charge is -2.32. The number of primary amides is 1. The van der Waals surface area contributed by atoms with Crippen molar-refractivity contribution in [3.8, 4) is 5.75 Å². The Balaban J connectivity index is 2.34. The van der Waals surface area contributed by atoms with Crippen LogP contribution in [0, 0.1) is 0 Å². The predicted molar refractivity (Wildman–Crippen MR) is 53.0 cm³/mol. The number of hydrogen-bond donors (Lipinski definition) is 1. The van der Waals surface area contributed by atoms with Crippen LogP contribution in [0.2, 0.25) is 0 Å². The van der Waals surface area contributed by atoms with Crippen molar-refractivity contribution >= 4 is 5.91 Å². The van der Waals surface area contributed by atoms with E-state index in [1.165, 1.54) is 0 Å². The smallest absolute Gasteiger partial charge is 0.261 e. The van der Waals surface area contributed by atoms with Crippen molar-refractivity contribution in [2.75, 3.05) is 0 Å². The highest BCUT2D eigenvalue weighted by molar-refractivity contribution is 5.83. The average Bonchev–Trinajstić information content (AvgIpc) is 2.17. The van der Waals surface area contributed by atoms with E-state index in [2.05, 4.69) is 0 Å². The van der Waals surface area contributed by atoms with E-state index < -0.39 is 11.5 Å². The molecule has 0 aromatic heterocycles. The predicted octanol–water partition coefficient (Wildman–Crippen LogP) is 1.26. The Hall–Kier alpha value is -1.51. The summed E-state index contributed by atoms with van der Waals surface area (Å²) < 4.78 is 5.61. The monoisotopic (exact) mass is 191 g/mol. The van der Waals surface area contributed by atoms with Gasteiger partial charge in [0, 0.05) is 6.42 Å². The van der Waals surface area contributed by atoms with Crippen LogP contribution in [0.3, 0.4) is 0 Å². The molecule has 0 spiro atoms. The molecule has 0 fully saturated rings. The van der Waals surface area contributed by atoms with E-state index in [1.807, 2.05) is 24.3 Å². The molecule has 0 saturated heterocycles. The van der Waals surface area contributed by atoms with E-state index in [0.29, 0.717) is 6.42 Å². The van der Waals surface area contributed by atoms with E-state index >= 15 is 0 Å². The third kappa shape index (κ3) is 1.35. The van der Waals surface area contributed by atoms with Crippen molar-refractivity contribution in [2.45, 2.75) is 25.4 Å². The van der Waals surface area contributed by atoms with Gasteiger partial charge in [-0.3, -0.25) is 4.79 Å². The maximum Gasteiger partial charge on any atom is 0.261 e. The van der Waals surface area contributed by atoms with Gasteiger partial charge in [-0.2, -0.15) is 0 Å². The third-order valence-corrected chi connectivity index (χ3v) is 2.70. The van der Waals surface area contributed by atoms with Gasteiger partial charge in [0.05, 0.1) is 0 Å². The molecule has 1 amide bonds. The largest absolute Gasteiger partial charge is 0.477 e. The fraction of sp³-hybridized carbons (Fsp3) is 0.364. The zero-order chi connectivity index (χ0) is 10.2. The van der Waals surface area contributed by atoms with Crippen LogP contribution in [0.15, 0.2) is 24.3 Å². The van der Waals surface area contributed by atoms with Crippen molar-refractivity contribution < 1.29 is 9.53 Å². The van der Waals surface area contributed by atoms with Gasteiger partial charge in [-0.05, 0) is 25.0 Å². The normalized spacial score (nSPS) is 24.9. The summed E-state index contributed by atoms with van der Waals surface area (Å²) in [7, 11) is 0. The van der Waals surface area contributed by atoms with Gasteiger partial charge in [0.2, 0.25) is 0 Å². The summed E-state index contributed by atoms with van der Waals surface area (Å²) in [6.07, 6.45) is 1.50. The summed E-state index contributed by atoms with van der Waals surface area (Å²) in [6, 6.07) is 7.74. The molecular formula is C11H13NO2. The first kappa shape index (κ1) is 9.06. The van der Waals surface area contributed by atoms with Gasteiger partial charge in [-0.25, -0.2) is 0 Å². The average molecular weight is 191 g/mol. The summed E-state index contributed by atoms with van der Waals surface area (Å²) >= 11 is 0. The minimum absolute atomic E-state index is 0.396. The van der Waals surface area contributed by atoms with Crippen LogP contribution in [0.5, 0.6) is 5.75 Å². The lowest BCUT2D eigenvalue weighted by Crippen LogP contribution is -2.48. The van der Waals surface area contributed by atoms with Crippen molar-refractivity contribution in [1.82, 2.24) is 0 Å². The van der Waals surface area contributed by atoms with Crippen LogP contribution < -0.4 is 10.5 Å². The maximum atomic E-state index is 11.2. The molecule has 1 heterocycles. The first-order valence-electron chi connectivity index (χ1n) is 4.69. The number of rotatable bonds is 1. The van der Waals surface area contributed by atoms with Crippen molar-refractivity contribution in [3.05, 3.63) is 29.8 Å². The number of amides is 1. The van der Waals surface area contributed by atoms with Crippen LogP contribution in [-0.4, -0.2) is 11.5 Å². The number of ether oxygens (including phenoxy) is 1. The number of para-hydroxylation sites is 1. The quantitative estimate of drug-likeness (QED) is 0.726. The molecule has 0 saturated carbocycles. The molecule has 2 rings (SSSR count). The Kier molecular flexibility index (Phi) is 1.95. The Morgan fingerprint density at radius 3 is 2.93 bits per heavy atom. The second kappa shape index (κ2) is 3.01. The number of carbonyl (C=O) groups excluding carboxylic acids is 1. The number of aryl methyl sites for hydroxylation is 1. The lowest BCUT2D eigenvalue weighted by molar-refractivity contribution is -0.133. The van der Waals surface area contributed by atoms with Gasteiger partial charge in [0.25, 0.3) is 5.91 Å². The third-order valence-electron chi connectivity index (χ3n) is 2.70. The standard InChI is InChI=1S/C11H13NO2/c1-11(10(12)13)7-6-8-4-2-3-5-9(8)14-11/h2-5H,6-7H2,1H3,(H2,12,13). The first-order valence-corrected chi connectivity index (χ1v) is 4.69. The van der Waals surface area contributed by atoms with E-state index in [1.54, 1.807) is 6.92 Å². The van der Waals surface area contributed by atoms with Gasteiger partial charge >= 0.3 is 0 Å². The molecule has 0 aliphatic carbocycles. The van der Waals surface area contributed by atoms with E-state index in [0.717, 1.165) is 17.7 Å². The zero-order valence-corrected chi connectivity index (χ0v) is 8.12. The van der Waals surface area contributed by atoms with Gasteiger partial charge in [0.1, 0.15) is 5.75 Å². The summed E-state index contributed by atoms with van der Waals surface area (Å²) in [5.41, 5.74) is 5.60. The van der Waals surface area contributed by atoms with Crippen LogP contribution in [0.4, 0.5) is 0 Å². The number of benzene rings is 1. The molecule has 1 aliphatic heterocycles. The summed E-state index contributed by atoms with van der Waals surface area (Å²) in [5, 5.41) is 0. The minimum Gasteiger partial charge on any atom is -0.477 e. The van der Waals surface area contributed by atoms with Crippen molar-refractivity contribution in [2.24, 2.45) is 5.73 Å². The second-order valence-corrected chi connectivity index (χ2v) is 3.80. The van der Waals surface area contributed by atoms with E-state index in [4.69, 9.17) is 10.5 Å². The Morgan fingerprint density at radius 2 is 2.21 bits per heavy atom. The molecule has 1 aromatic carbocycles. The summed E-state index contributed by atoms with van der Waals surface area (Å²) in [5.74, 6) is 0.382. The molecule has 3 nitrogen and oxygen atoms in total. The topological polar surface area (TPSA) is 52.3 Å². The fourth-order valence-electron chi connectivity index (χ4n) is 1.65. The molecular weight excluding hydrogens is 178 g/mol. The molecule has 1 aliphatic rings. The highest BCUT2D eigenvalue weighted by Gasteiger charge is 2.36. The number of fused-ring (bicyclic) bond motifs is 1. The zero-order valence-electron chi connectivity index (χ0n) is 8.12. The molecule has 1 aromatic rings. The number of carbonyl (C=O) groups is 1. The van der Waals surface area contributed by atoms with Crippen LogP contribution in [0.1, 0.15) is 18.9 Å². The second-order valence-electron chi connectivity index (χ2n) is 3.80. The molecule has 0 bridgehead atoms. The van der Waals surface area contributed by atoms with Crippen molar-refractivity contribution in [3.63, 3.8) is 0 Å². The SMILES string of the molecule is CC1(C(N)=O)CCc2ccccc2O1. The fourth-order valence-corrected chi connectivity index (χ4v) is 1.65. The van der Waals surface area contributed by atoms with Gasteiger partial charge < -0.3 is 10.5 Å². The van der Waals surface area contributed by atoms with Crippen LogP contribution in [0.25, 0.3) is 0 Å². The molecule has 14 heavy (non-hydrogen) atoms. The number of nitrogens with two attached hydrogens (primary N) is 1. The molecule has 1 unspecified atom stereocenters. The minimum atomic E-state index is -0.839. The van der Waals surface area contributed by atoms with Crippen molar-refractivity contribution in [1.29, 1.82) is 0 Å². The highest BCUT2D eigenvalue weighted by Crippen LogP contribution is 2.32. The first-order chi connectivity index (χ1) is 6.62.